The van der Waals surface area contributed by atoms with Gasteiger partial charge in [0.2, 0.25) is 0 Å². The Morgan fingerprint density at radius 1 is 1.13 bits per heavy atom. The van der Waals surface area contributed by atoms with E-state index in [-0.39, 0.29) is 18.6 Å². The second-order valence-electron chi connectivity index (χ2n) is 8.98. The monoisotopic (exact) mass is 426 g/mol. The highest BCUT2D eigenvalue weighted by Crippen LogP contribution is 2.34. The molecule has 0 spiro atoms. The van der Waals surface area contributed by atoms with Crippen LogP contribution in [0.5, 0.6) is 0 Å². The van der Waals surface area contributed by atoms with E-state index in [1.807, 2.05) is 31.2 Å². The molecule has 0 radical (unpaired) electrons. The zero-order valence-corrected chi connectivity index (χ0v) is 19.7. The van der Waals surface area contributed by atoms with E-state index in [9.17, 15) is 9.59 Å². The van der Waals surface area contributed by atoms with E-state index in [0.29, 0.717) is 17.7 Å². The van der Waals surface area contributed by atoms with Gasteiger partial charge in [-0.15, -0.1) is 0 Å². The molecule has 0 saturated carbocycles. The van der Waals surface area contributed by atoms with Crippen LogP contribution in [0.25, 0.3) is 11.1 Å². The predicted molar refractivity (Wildman–Crippen MR) is 122 cm³/mol. The van der Waals surface area contributed by atoms with Crippen molar-refractivity contribution in [3.8, 4) is 11.1 Å². The molecule has 0 aliphatic rings. The molecule has 0 aliphatic carbocycles. The molecule has 6 heteroatoms. The maximum Gasteiger partial charge on any atom is 0.347 e. The predicted octanol–water partition coefficient (Wildman–Crippen LogP) is 4.52. The third-order valence-corrected chi connectivity index (χ3v) is 4.91. The third-order valence-electron chi connectivity index (χ3n) is 4.91. The summed E-state index contributed by atoms with van der Waals surface area (Å²) in [5, 5.41) is 0. The number of aromatic nitrogens is 1. The zero-order chi connectivity index (χ0) is 23.3. The van der Waals surface area contributed by atoms with Crippen molar-refractivity contribution in [2.24, 2.45) is 11.1 Å². The van der Waals surface area contributed by atoms with Crippen LogP contribution in [0, 0.1) is 19.3 Å². The van der Waals surface area contributed by atoms with Crippen LogP contribution in [0.2, 0.25) is 0 Å². The Kier molecular flexibility index (Phi) is 7.96. The molecular formula is C25H34N2O4. The first-order valence-electron chi connectivity index (χ1n) is 10.7. The smallest absolute Gasteiger partial charge is 0.347 e. The van der Waals surface area contributed by atoms with Crippen molar-refractivity contribution in [2.75, 3.05) is 6.61 Å². The lowest BCUT2D eigenvalue weighted by molar-refractivity contribution is -0.152. The summed E-state index contributed by atoms with van der Waals surface area (Å²) in [4.78, 5) is 29.9. The second kappa shape index (κ2) is 10.1. The minimum atomic E-state index is -1.02. The number of carbonyl (C=O) groups is 2. The van der Waals surface area contributed by atoms with Crippen LogP contribution in [-0.2, 0) is 27.2 Å². The van der Waals surface area contributed by atoms with E-state index in [4.69, 9.17) is 20.2 Å². The Hall–Kier alpha value is -2.73. The van der Waals surface area contributed by atoms with Crippen LogP contribution in [0.3, 0.4) is 0 Å². The van der Waals surface area contributed by atoms with E-state index >= 15 is 0 Å². The van der Waals surface area contributed by atoms with E-state index in [1.165, 1.54) is 6.92 Å². The summed E-state index contributed by atoms with van der Waals surface area (Å²) >= 11 is 0. The second-order valence-corrected chi connectivity index (χ2v) is 8.98. The summed E-state index contributed by atoms with van der Waals surface area (Å²) in [7, 11) is 0. The normalized spacial score (nSPS) is 12.4. The third kappa shape index (κ3) is 6.14. The van der Waals surface area contributed by atoms with Crippen LogP contribution >= 0.6 is 0 Å². The largest absolute Gasteiger partial charge is 0.463 e. The number of hydrogen-bond acceptors (Lipinski definition) is 6. The number of carbonyl (C=O) groups excluding carboxylic acids is 2. The van der Waals surface area contributed by atoms with Gasteiger partial charge in [-0.1, -0.05) is 50.6 Å². The molecule has 1 aromatic carbocycles. The summed E-state index contributed by atoms with van der Waals surface area (Å²) in [5.74, 6) is -1.19. The van der Waals surface area contributed by atoms with Gasteiger partial charge in [-0.2, -0.15) is 0 Å². The molecule has 1 unspecified atom stereocenters. The number of benzene rings is 1. The first kappa shape index (κ1) is 24.5. The SMILES string of the molecule is CCOC(=O)C(C)OC(=O)c1c(C)nc(CC(C)(C)C)c(CN)c1-c1ccc(C)cc1. The highest BCUT2D eigenvalue weighted by atomic mass is 16.6. The molecule has 2 aromatic rings. The molecule has 1 atom stereocenters. The lowest BCUT2D eigenvalue weighted by Crippen LogP contribution is -2.27. The molecule has 1 heterocycles. The van der Waals surface area contributed by atoms with Gasteiger partial charge >= 0.3 is 11.9 Å². The molecule has 0 bridgehead atoms. The fourth-order valence-electron chi connectivity index (χ4n) is 3.49. The minimum absolute atomic E-state index is 0.00560. The van der Waals surface area contributed by atoms with Crippen molar-refractivity contribution in [3.63, 3.8) is 0 Å². The van der Waals surface area contributed by atoms with Gasteiger partial charge in [0.15, 0.2) is 6.10 Å². The fourth-order valence-corrected chi connectivity index (χ4v) is 3.49. The van der Waals surface area contributed by atoms with Gasteiger partial charge < -0.3 is 15.2 Å². The van der Waals surface area contributed by atoms with Crippen molar-refractivity contribution >= 4 is 11.9 Å². The van der Waals surface area contributed by atoms with E-state index in [0.717, 1.165) is 27.9 Å². The maximum atomic E-state index is 13.2. The van der Waals surface area contributed by atoms with Crippen LogP contribution in [0.15, 0.2) is 24.3 Å². The van der Waals surface area contributed by atoms with Crippen molar-refractivity contribution in [1.82, 2.24) is 4.98 Å². The maximum absolute atomic E-state index is 13.2. The number of rotatable bonds is 7. The van der Waals surface area contributed by atoms with Crippen LogP contribution in [-0.4, -0.2) is 29.6 Å². The number of ether oxygens (including phenoxy) is 2. The number of nitrogens with zero attached hydrogens (tertiary/aromatic N) is 1. The molecule has 31 heavy (non-hydrogen) atoms. The number of esters is 2. The highest BCUT2D eigenvalue weighted by molar-refractivity contribution is 6.00. The summed E-state index contributed by atoms with van der Waals surface area (Å²) in [6, 6.07) is 7.92. The zero-order valence-electron chi connectivity index (χ0n) is 19.7. The Bertz CT molecular complexity index is 943. The number of nitrogens with two attached hydrogens (primary N) is 1. The first-order valence-corrected chi connectivity index (χ1v) is 10.7. The molecule has 2 rings (SSSR count). The molecule has 0 fully saturated rings. The number of aryl methyl sites for hydroxylation is 2. The molecule has 168 valence electrons. The van der Waals surface area contributed by atoms with Crippen LogP contribution in [0.4, 0.5) is 0 Å². The van der Waals surface area contributed by atoms with Crippen LogP contribution < -0.4 is 5.73 Å². The van der Waals surface area contributed by atoms with Crippen LogP contribution in [0.1, 0.15) is 67.5 Å². The summed E-state index contributed by atoms with van der Waals surface area (Å²) < 4.78 is 10.4. The van der Waals surface area contributed by atoms with Gasteiger partial charge in [0.25, 0.3) is 0 Å². The Balaban J connectivity index is 2.67. The topological polar surface area (TPSA) is 91.5 Å². The minimum Gasteiger partial charge on any atom is -0.463 e. The lowest BCUT2D eigenvalue weighted by atomic mass is 9.85. The first-order chi connectivity index (χ1) is 14.5. The van der Waals surface area contributed by atoms with Gasteiger partial charge in [0, 0.05) is 17.8 Å². The Labute approximate surface area is 185 Å². The molecular weight excluding hydrogens is 392 g/mol. The molecule has 0 aliphatic heterocycles. The van der Waals surface area contributed by atoms with Crippen molar-refractivity contribution in [2.45, 2.75) is 67.5 Å². The lowest BCUT2D eigenvalue weighted by Gasteiger charge is -2.24. The fraction of sp³-hybridized carbons (Fsp3) is 0.480. The van der Waals surface area contributed by atoms with Crippen molar-refractivity contribution in [1.29, 1.82) is 0 Å². The van der Waals surface area contributed by atoms with Crippen molar-refractivity contribution < 1.29 is 19.1 Å². The quantitative estimate of drug-likeness (QED) is 0.655. The van der Waals surface area contributed by atoms with Gasteiger partial charge in [-0.05, 0) is 50.7 Å². The highest BCUT2D eigenvalue weighted by Gasteiger charge is 2.28. The summed E-state index contributed by atoms with van der Waals surface area (Å²) in [6.45, 7) is 13.9. The molecule has 6 nitrogen and oxygen atoms in total. The molecule has 0 saturated heterocycles. The van der Waals surface area contributed by atoms with Gasteiger partial charge in [0.1, 0.15) is 0 Å². The van der Waals surface area contributed by atoms with Crippen molar-refractivity contribution in [3.05, 3.63) is 52.3 Å². The van der Waals surface area contributed by atoms with E-state index in [1.54, 1.807) is 13.8 Å². The van der Waals surface area contributed by atoms with Gasteiger partial charge in [0.05, 0.1) is 17.9 Å². The van der Waals surface area contributed by atoms with E-state index in [2.05, 4.69) is 20.8 Å². The average Bonchev–Trinajstić information content (AvgIpc) is 2.67. The molecule has 0 amide bonds. The number of pyridine rings is 1. The molecule has 2 N–H and O–H groups in total. The number of hydrogen-bond donors (Lipinski definition) is 1. The Morgan fingerprint density at radius 3 is 2.26 bits per heavy atom. The molecule has 1 aromatic heterocycles. The standard InChI is InChI=1S/C25H34N2O4/c1-8-30-23(28)17(4)31-24(29)21-16(3)27-20(13-25(5,6)7)19(14-26)22(21)18-11-9-15(2)10-12-18/h9-12,17H,8,13-14,26H2,1-7H3. The van der Waals surface area contributed by atoms with Gasteiger partial charge in [-0.25, -0.2) is 9.59 Å². The summed E-state index contributed by atoms with van der Waals surface area (Å²) in [6.07, 6.45) is -0.304. The van der Waals surface area contributed by atoms with E-state index < -0.39 is 18.0 Å². The summed E-state index contributed by atoms with van der Waals surface area (Å²) in [5.41, 5.74) is 11.4. The Morgan fingerprint density at radius 2 is 1.74 bits per heavy atom. The average molecular weight is 427 g/mol. The van der Waals surface area contributed by atoms with Gasteiger partial charge in [-0.3, -0.25) is 4.98 Å².